The van der Waals surface area contributed by atoms with E-state index < -0.39 is 0 Å². The van der Waals surface area contributed by atoms with E-state index in [0.717, 1.165) is 19.6 Å². The fraction of sp³-hybridized carbons (Fsp3) is 0.667. The number of hydrogen-bond acceptors (Lipinski definition) is 2. The highest BCUT2D eigenvalue weighted by atomic mass is 15.1. The SMILES string of the molecule is CCCN(CC)CCNC(C)c1cc(C)c(C)cc1C. The molecule has 0 heterocycles. The minimum absolute atomic E-state index is 0.426. The fourth-order valence-electron chi connectivity index (χ4n) is 2.74. The van der Waals surface area contributed by atoms with Gasteiger partial charge in [0.2, 0.25) is 0 Å². The summed E-state index contributed by atoms with van der Waals surface area (Å²) < 4.78 is 0. The van der Waals surface area contributed by atoms with Gasteiger partial charge in [-0.15, -0.1) is 0 Å². The van der Waals surface area contributed by atoms with Crippen molar-refractivity contribution < 1.29 is 0 Å². The summed E-state index contributed by atoms with van der Waals surface area (Å²) in [6.45, 7) is 17.9. The molecule has 1 rings (SSSR count). The van der Waals surface area contributed by atoms with Gasteiger partial charge in [0.05, 0.1) is 0 Å². The van der Waals surface area contributed by atoms with Gasteiger partial charge in [-0.2, -0.15) is 0 Å². The molecule has 1 aromatic rings. The van der Waals surface area contributed by atoms with Crippen LogP contribution in [0.25, 0.3) is 0 Å². The second-order valence-corrected chi connectivity index (χ2v) is 5.90. The number of nitrogens with one attached hydrogen (secondary N) is 1. The first-order chi connectivity index (χ1) is 9.49. The average molecular weight is 276 g/mol. The Hall–Kier alpha value is -0.860. The van der Waals surface area contributed by atoms with Gasteiger partial charge in [-0.05, 0) is 69.5 Å². The molecule has 1 atom stereocenters. The van der Waals surface area contributed by atoms with Gasteiger partial charge in [-0.1, -0.05) is 26.0 Å². The lowest BCUT2D eigenvalue weighted by Crippen LogP contribution is -2.33. The molecule has 0 aromatic heterocycles. The molecule has 0 fully saturated rings. The van der Waals surface area contributed by atoms with Crippen LogP contribution in [0.1, 0.15) is 55.5 Å². The molecule has 0 aliphatic rings. The molecule has 114 valence electrons. The summed E-state index contributed by atoms with van der Waals surface area (Å²) in [5.74, 6) is 0. The van der Waals surface area contributed by atoms with Crippen molar-refractivity contribution in [2.75, 3.05) is 26.2 Å². The highest BCUT2D eigenvalue weighted by Crippen LogP contribution is 2.21. The predicted molar refractivity (Wildman–Crippen MR) is 89.5 cm³/mol. The van der Waals surface area contributed by atoms with E-state index >= 15 is 0 Å². The number of aryl methyl sites for hydroxylation is 3. The lowest BCUT2D eigenvalue weighted by Gasteiger charge is -2.23. The molecule has 1 aromatic carbocycles. The number of rotatable bonds is 8. The summed E-state index contributed by atoms with van der Waals surface area (Å²) >= 11 is 0. The largest absolute Gasteiger partial charge is 0.309 e. The van der Waals surface area contributed by atoms with Crippen molar-refractivity contribution in [3.8, 4) is 0 Å². The van der Waals surface area contributed by atoms with E-state index in [0.29, 0.717) is 6.04 Å². The molecular weight excluding hydrogens is 244 g/mol. The van der Waals surface area contributed by atoms with Gasteiger partial charge < -0.3 is 10.2 Å². The lowest BCUT2D eigenvalue weighted by molar-refractivity contribution is 0.284. The Kier molecular flexibility index (Phi) is 7.25. The topological polar surface area (TPSA) is 15.3 Å². The third-order valence-corrected chi connectivity index (χ3v) is 4.21. The number of likely N-dealkylation sites (N-methyl/N-ethyl adjacent to an activating group) is 1. The van der Waals surface area contributed by atoms with Crippen LogP contribution in [-0.4, -0.2) is 31.1 Å². The van der Waals surface area contributed by atoms with Crippen LogP contribution in [0.15, 0.2) is 12.1 Å². The summed E-state index contributed by atoms with van der Waals surface area (Å²) in [6, 6.07) is 5.07. The first-order valence-electron chi connectivity index (χ1n) is 8.03. The van der Waals surface area contributed by atoms with Crippen LogP contribution >= 0.6 is 0 Å². The smallest absolute Gasteiger partial charge is 0.0295 e. The molecule has 2 heteroatoms. The average Bonchev–Trinajstić information content (AvgIpc) is 2.41. The van der Waals surface area contributed by atoms with Gasteiger partial charge in [-0.3, -0.25) is 0 Å². The van der Waals surface area contributed by atoms with Crippen molar-refractivity contribution in [1.82, 2.24) is 10.2 Å². The maximum Gasteiger partial charge on any atom is 0.0295 e. The van der Waals surface area contributed by atoms with Crippen molar-refractivity contribution in [3.05, 3.63) is 34.4 Å². The summed E-state index contributed by atoms with van der Waals surface area (Å²) in [4.78, 5) is 2.51. The molecule has 0 bridgehead atoms. The second kappa shape index (κ2) is 8.43. The van der Waals surface area contributed by atoms with Gasteiger partial charge in [0, 0.05) is 19.1 Å². The van der Waals surface area contributed by atoms with Crippen LogP contribution in [0.2, 0.25) is 0 Å². The molecule has 0 spiro atoms. The molecule has 0 aliphatic carbocycles. The summed E-state index contributed by atoms with van der Waals surface area (Å²) in [5.41, 5.74) is 5.61. The molecule has 0 amide bonds. The standard InChI is InChI=1S/C18H32N2/c1-7-10-20(8-2)11-9-19-17(6)18-13-15(4)14(3)12-16(18)5/h12-13,17,19H,7-11H2,1-6H3. The van der Waals surface area contributed by atoms with Gasteiger partial charge >= 0.3 is 0 Å². The number of hydrogen-bond donors (Lipinski definition) is 1. The molecule has 0 radical (unpaired) electrons. The highest BCUT2D eigenvalue weighted by Gasteiger charge is 2.10. The molecule has 0 aliphatic heterocycles. The van der Waals surface area contributed by atoms with Crippen LogP contribution < -0.4 is 5.32 Å². The lowest BCUT2D eigenvalue weighted by atomic mass is 9.96. The van der Waals surface area contributed by atoms with Gasteiger partial charge in [0.1, 0.15) is 0 Å². The van der Waals surface area contributed by atoms with Crippen molar-refractivity contribution >= 4 is 0 Å². The Morgan fingerprint density at radius 2 is 1.65 bits per heavy atom. The number of benzene rings is 1. The third-order valence-electron chi connectivity index (χ3n) is 4.21. The van der Waals surface area contributed by atoms with E-state index in [4.69, 9.17) is 0 Å². The first-order valence-corrected chi connectivity index (χ1v) is 8.03. The van der Waals surface area contributed by atoms with Crippen LogP contribution in [0, 0.1) is 20.8 Å². The minimum Gasteiger partial charge on any atom is -0.309 e. The molecule has 0 saturated heterocycles. The summed E-state index contributed by atoms with van der Waals surface area (Å²) in [5, 5.41) is 3.67. The Labute approximate surface area is 125 Å². The predicted octanol–water partition coefficient (Wildman–Crippen LogP) is 3.99. The van der Waals surface area contributed by atoms with Gasteiger partial charge in [-0.25, -0.2) is 0 Å². The Morgan fingerprint density at radius 3 is 2.25 bits per heavy atom. The van der Waals surface area contributed by atoms with Gasteiger partial charge in [0.15, 0.2) is 0 Å². The van der Waals surface area contributed by atoms with Gasteiger partial charge in [0.25, 0.3) is 0 Å². The quantitative estimate of drug-likeness (QED) is 0.772. The summed E-state index contributed by atoms with van der Waals surface area (Å²) in [7, 11) is 0. The van der Waals surface area contributed by atoms with E-state index in [9.17, 15) is 0 Å². The first kappa shape index (κ1) is 17.2. The van der Waals surface area contributed by atoms with Crippen LogP contribution in [0.4, 0.5) is 0 Å². The highest BCUT2D eigenvalue weighted by molar-refractivity contribution is 5.37. The van der Waals surface area contributed by atoms with Crippen molar-refractivity contribution in [2.45, 2.75) is 54.0 Å². The van der Waals surface area contributed by atoms with Crippen molar-refractivity contribution in [3.63, 3.8) is 0 Å². The Morgan fingerprint density at radius 1 is 1.00 bits per heavy atom. The minimum atomic E-state index is 0.426. The Bertz CT molecular complexity index is 412. The molecule has 20 heavy (non-hydrogen) atoms. The normalized spacial score (nSPS) is 12.9. The zero-order valence-electron chi connectivity index (χ0n) is 14.2. The van der Waals surface area contributed by atoms with Crippen LogP contribution in [0.5, 0.6) is 0 Å². The zero-order valence-corrected chi connectivity index (χ0v) is 14.2. The molecule has 2 nitrogen and oxygen atoms in total. The fourth-order valence-corrected chi connectivity index (χ4v) is 2.74. The summed E-state index contributed by atoms with van der Waals surface area (Å²) in [6.07, 6.45) is 1.24. The van der Waals surface area contributed by atoms with Crippen LogP contribution in [-0.2, 0) is 0 Å². The number of nitrogens with zero attached hydrogens (tertiary/aromatic N) is 1. The Balaban J connectivity index is 2.54. The zero-order chi connectivity index (χ0) is 15.1. The molecule has 1 unspecified atom stereocenters. The molecule has 0 saturated carbocycles. The van der Waals surface area contributed by atoms with E-state index in [1.807, 2.05) is 0 Å². The second-order valence-electron chi connectivity index (χ2n) is 5.90. The third kappa shape index (κ3) is 4.92. The van der Waals surface area contributed by atoms with Crippen molar-refractivity contribution in [2.24, 2.45) is 0 Å². The maximum absolute atomic E-state index is 3.67. The van der Waals surface area contributed by atoms with E-state index in [2.05, 4.69) is 63.9 Å². The molecule has 1 N–H and O–H groups in total. The van der Waals surface area contributed by atoms with Crippen LogP contribution in [0.3, 0.4) is 0 Å². The maximum atomic E-state index is 3.67. The monoisotopic (exact) mass is 276 g/mol. The van der Waals surface area contributed by atoms with E-state index in [-0.39, 0.29) is 0 Å². The van der Waals surface area contributed by atoms with Crippen molar-refractivity contribution in [1.29, 1.82) is 0 Å². The molecular formula is C18H32N2. The van der Waals surface area contributed by atoms with E-state index in [1.165, 1.54) is 35.2 Å². The van der Waals surface area contributed by atoms with E-state index in [1.54, 1.807) is 0 Å².